The van der Waals surface area contributed by atoms with Gasteiger partial charge in [0.15, 0.2) is 0 Å². The monoisotopic (exact) mass is 450 g/mol. The molecule has 0 aromatic heterocycles. The first kappa shape index (κ1) is 25.6. The van der Waals surface area contributed by atoms with E-state index >= 15 is 0 Å². The van der Waals surface area contributed by atoms with Crippen LogP contribution >= 0.6 is 0 Å². The quantitative estimate of drug-likeness (QED) is 0.445. The lowest BCUT2D eigenvalue weighted by Gasteiger charge is -2.44. The molecule has 3 saturated carbocycles. The third-order valence-corrected chi connectivity index (χ3v) is 8.54. The Bertz CT molecular complexity index is 735. The summed E-state index contributed by atoms with van der Waals surface area (Å²) in [6.45, 7) is 7.27. The fourth-order valence-electron chi connectivity index (χ4n) is 6.54. The molecule has 0 bridgehead atoms. The van der Waals surface area contributed by atoms with Crippen LogP contribution in [0, 0.1) is 23.2 Å². The molecule has 0 amide bonds. The molecule has 3 fully saturated rings. The van der Waals surface area contributed by atoms with E-state index in [0.29, 0.717) is 24.2 Å². The van der Waals surface area contributed by atoms with Crippen LogP contribution in [-0.2, 0) is 0 Å². The van der Waals surface area contributed by atoms with Gasteiger partial charge in [0.1, 0.15) is 12.3 Å². The Morgan fingerprint density at radius 2 is 1.81 bits per heavy atom. The van der Waals surface area contributed by atoms with Crippen molar-refractivity contribution in [2.75, 3.05) is 6.67 Å². The minimum absolute atomic E-state index is 0.189. The van der Waals surface area contributed by atoms with Crippen LogP contribution < -0.4 is 0 Å². The standard InChI is InChI=1S/C27H43FO4/c1-18(7-5-13-25(2,3)31)21-11-12-22-20(8-6-14-26(21,22)4)10-9-19-15-23(29)27(32,17-28)24(30)16-19/h5,7,9-10,18,21-24,29-32H,6,8,11-17H2,1-4H3/b7-5+,19-9?,20-10+/t18-,21?,22?,23-,24-,26?,27?/m1/s1. The molecular formula is C27H43FO4. The zero-order valence-corrected chi connectivity index (χ0v) is 20.2. The Morgan fingerprint density at radius 1 is 1.16 bits per heavy atom. The maximum absolute atomic E-state index is 13.2. The molecule has 3 unspecified atom stereocenters. The molecule has 4 N–H and O–H groups in total. The molecule has 3 aliphatic carbocycles. The van der Waals surface area contributed by atoms with Gasteiger partial charge >= 0.3 is 0 Å². The highest BCUT2D eigenvalue weighted by Crippen LogP contribution is 2.59. The smallest absolute Gasteiger partial charge is 0.145 e. The van der Waals surface area contributed by atoms with E-state index in [1.807, 2.05) is 19.9 Å². The summed E-state index contributed by atoms with van der Waals surface area (Å²) in [6, 6.07) is 0. The fourth-order valence-corrected chi connectivity index (χ4v) is 6.54. The summed E-state index contributed by atoms with van der Waals surface area (Å²) in [6.07, 6.45) is 12.9. The topological polar surface area (TPSA) is 80.9 Å². The first-order valence-corrected chi connectivity index (χ1v) is 12.3. The van der Waals surface area contributed by atoms with E-state index in [1.165, 1.54) is 24.8 Å². The molecule has 5 heteroatoms. The fraction of sp³-hybridized carbons (Fsp3) is 0.778. The van der Waals surface area contributed by atoms with Crippen molar-refractivity contribution in [1.82, 2.24) is 0 Å². The predicted octanol–water partition coefficient (Wildman–Crippen LogP) is 4.63. The van der Waals surface area contributed by atoms with E-state index in [1.54, 1.807) is 0 Å². The highest BCUT2D eigenvalue weighted by Gasteiger charge is 2.50. The number of halogens is 1. The molecule has 6 atom stereocenters. The number of allylic oxidation sites excluding steroid dienone is 4. The zero-order valence-electron chi connectivity index (χ0n) is 20.2. The summed E-state index contributed by atoms with van der Waals surface area (Å²) in [7, 11) is 0. The zero-order chi connectivity index (χ0) is 23.7. The van der Waals surface area contributed by atoms with Gasteiger partial charge in [0.2, 0.25) is 0 Å². The van der Waals surface area contributed by atoms with Gasteiger partial charge in [-0.3, -0.25) is 0 Å². The van der Waals surface area contributed by atoms with Crippen molar-refractivity contribution in [3.8, 4) is 0 Å². The molecule has 0 aromatic carbocycles. The van der Waals surface area contributed by atoms with Crippen molar-refractivity contribution < 1.29 is 24.8 Å². The lowest BCUT2D eigenvalue weighted by atomic mass is 9.61. The van der Waals surface area contributed by atoms with Crippen LogP contribution in [0.1, 0.15) is 79.1 Å². The first-order chi connectivity index (χ1) is 14.9. The third-order valence-electron chi connectivity index (χ3n) is 8.54. The maximum atomic E-state index is 13.2. The van der Waals surface area contributed by atoms with Crippen molar-refractivity contribution in [2.24, 2.45) is 23.2 Å². The average Bonchev–Trinajstić information content (AvgIpc) is 3.06. The summed E-state index contributed by atoms with van der Waals surface area (Å²) in [4.78, 5) is 0. The third kappa shape index (κ3) is 5.22. The summed E-state index contributed by atoms with van der Waals surface area (Å²) in [5.41, 5.74) is -0.174. The van der Waals surface area contributed by atoms with E-state index < -0.39 is 30.1 Å². The molecule has 3 aliphatic rings. The summed E-state index contributed by atoms with van der Waals surface area (Å²) in [5.74, 6) is 1.61. The number of fused-ring (bicyclic) bond motifs is 1. The Hall–Kier alpha value is -1.01. The molecule has 0 heterocycles. The summed E-state index contributed by atoms with van der Waals surface area (Å²) < 4.78 is 13.2. The second kappa shape index (κ2) is 9.69. The minimum Gasteiger partial charge on any atom is -0.390 e. The van der Waals surface area contributed by atoms with E-state index in [-0.39, 0.29) is 18.3 Å². The number of alkyl halides is 1. The van der Waals surface area contributed by atoms with Gasteiger partial charge in [-0.25, -0.2) is 4.39 Å². The van der Waals surface area contributed by atoms with Crippen molar-refractivity contribution in [3.63, 3.8) is 0 Å². The molecule has 0 aliphatic heterocycles. The van der Waals surface area contributed by atoms with Gasteiger partial charge in [0, 0.05) is 0 Å². The van der Waals surface area contributed by atoms with E-state index in [4.69, 9.17) is 0 Å². The number of aliphatic hydroxyl groups excluding tert-OH is 2. The van der Waals surface area contributed by atoms with Crippen molar-refractivity contribution >= 4 is 0 Å². The average molecular weight is 451 g/mol. The SMILES string of the molecule is C[C@H](/C=C/CC(C)(C)O)C1CCC2/C(=C/C=C3C[C@@H](O)C(O)(CF)[C@H](O)C3)CCCC21C. The molecule has 32 heavy (non-hydrogen) atoms. The van der Waals surface area contributed by atoms with Gasteiger partial charge in [-0.15, -0.1) is 0 Å². The Morgan fingerprint density at radius 3 is 2.41 bits per heavy atom. The molecular weight excluding hydrogens is 407 g/mol. The summed E-state index contributed by atoms with van der Waals surface area (Å²) >= 11 is 0. The number of hydrogen-bond donors (Lipinski definition) is 4. The van der Waals surface area contributed by atoms with Crippen LogP contribution in [0.3, 0.4) is 0 Å². The van der Waals surface area contributed by atoms with Crippen molar-refractivity contribution in [1.29, 1.82) is 0 Å². The number of rotatable bonds is 6. The highest BCUT2D eigenvalue weighted by molar-refractivity contribution is 5.27. The molecule has 0 saturated heterocycles. The van der Waals surface area contributed by atoms with Crippen LogP contribution in [0.5, 0.6) is 0 Å². The van der Waals surface area contributed by atoms with Crippen LogP contribution in [-0.4, -0.2) is 50.5 Å². The van der Waals surface area contributed by atoms with Gasteiger partial charge in [0.25, 0.3) is 0 Å². The van der Waals surface area contributed by atoms with Crippen LogP contribution in [0.25, 0.3) is 0 Å². The molecule has 0 spiro atoms. The Labute approximate surface area is 192 Å². The Balaban J connectivity index is 1.72. The van der Waals surface area contributed by atoms with Crippen LogP contribution in [0.2, 0.25) is 0 Å². The largest absolute Gasteiger partial charge is 0.390 e. The number of aliphatic hydroxyl groups is 4. The summed E-state index contributed by atoms with van der Waals surface area (Å²) in [5, 5.41) is 40.5. The molecule has 182 valence electrons. The molecule has 4 nitrogen and oxygen atoms in total. The second-order valence-electron chi connectivity index (χ2n) is 11.5. The van der Waals surface area contributed by atoms with E-state index in [2.05, 4.69) is 32.1 Å². The van der Waals surface area contributed by atoms with E-state index in [0.717, 1.165) is 18.4 Å². The molecule has 0 aromatic rings. The normalized spacial score (nSPS) is 40.7. The maximum Gasteiger partial charge on any atom is 0.145 e. The van der Waals surface area contributed by atoms with Crippen LogP contribution in [0.4, 0.5) is 4.39 Å². The minimum atomic E-state index is -2.05. The lowest BCUT2D eigenvalue weighted by Crippen LogP contribution is -2.57. The Kier molecular flexibility index (Phi) is 7.76. The highest BCUT2D eigenvalue weighted by atomic mass is 19.1. The van der Waals surface area contributed by atoms with Crippen LogP contribution in [0.15, 0.2) is 35.5 Å². The number of hydrogen-bond acceptors (Lipinski definition) is 4. The molecule has 0 radical (unpaired) electrons. The van der Waals surface area contributed by atoms with Gasteiger partial charge in [0.05, 0.1) is 17.8 Å². The van der Waals surface area contributed by atoms with Gasteiger partial charge in [-0.05, 0) is 88.4 Å². The lowest BCUT2D eigenvalue weighted by molar-refractivity contribution is -0.165. The first-order valence-electron chi connectivity index (χ1n) is 12.3. The molecule has 3 rings (SSSR count). The second-order valence-corrected chi connectivity index (χ2v) is 11.5. The van der Waals surface area contributed by atoms with Gasteiger partial charge in [-0.2, -0.15) is 0 Å². The van der Waals surface area contributed by atoms with E-state index in [9.17, 15) is 24.8 Å². The van der Waals surface area contributed by atoms with Gasteiger partial charge in [-0.1, -0.05) is 49.3 Å². The van der Waals surface area contributed by atoms with Crippen molar-refractivity contribution in [2.45, 2.75) is 102 Å². The predicted molar refractivity (Wildman–Crippen MR) is 126 cm³/mol. The van der Waals surface area contributed by atoms with Crippen molar-refractivity contribution in [3.05, 3.63) is 35.5 Å². The van der Waals surface area contributed by atoms with Gasteiger partial charge < -0.3 is 20.4 Å².